The lowest BCUT2D eigenvalue weighted by Gasteiger charge is -2.16. The van der Waals surface area contributed by atoms with Crippen LogP contribution in [0.5, 0.6) is 0 Å². The Kier molecular flexibility index (Phi) is 6.72. The van der Waals surface area contributed by atoms with Gasteiger partial charge in [0.25, 0.3) is 0 Å². The molecule has 1 rings (SSSR count). The molecule has 0 aliphatic carbocycles. The van der Waals surface area contributed by atoms with Crippen LogP contribution in [0, 0.1) is 0 Å². The Labute approximate surface area is 121 Å². The molecule has 0 aliphatic rings. The van der Waals surface area contributed by atoms with Gasteiger partial charge in [-0.2, -0.15) is 0 Å². The van der Waals surface area contributed by atoms with Gasteiger partial charge in [-0.1, -0.05) is 6.07 Å². The van der Waals surface area contributed by atoms with Gasteiger partial charge in [0, 0.05) is 31.8 Å². The summed E-state index contributed by atoms with van der Waals surface area (Å²) < 4.78 is 0. The molecule has 0 spiro atoms. The lowest BCUT2D eigenvalue weighted by molar-refractivity contribution is -0.123. The van der Waals surface area contributed by atoms with E-state index in [4.69, 9.17) is 0 Å². The van der Waals surface area contributed by atoms with Crippen LogP contribution in [-0.2, 0) is 14.4 Å². The Bertz CT molecular complexity index is 459. The minimum Gasteiger partial charge on any atom is -0.355 e. The summed E-state index contributed by atoms with van der Waals surface area (Å²) in [6, 6.07) is 3.45. The fourth-order valence-electron chi connectivity index (χ4n) is 1.66. The van der Waals surface area contributed by atoms with Crippen LogP contribution in [0.1, 0.15) is 31.2 Å². The number of carbonyl (C=O) groups excluding carboxylic acids is 3. The molecule has 0 aromatic carbocycles. The van der Waals surface area contributed by atoms with Gasteiger partial charge in [-0.3, -0.25) is 14.4 Å². The second-order valence-electron chi connectivity index (χ2n) is 4.31. The number of amides is 3. The Morgan fingerprint density at radius 2 is 1.85 bits per heavy atom. The topological polar surface area (TPSA) is 87.3 Å². The van der Waals surface area contributed by atoms with E-state index in [1.54, 1.807) is 0 Å². The first-order chi connectivity index (χ1) is 9.49. The molecule has 3 N–H and O–H groups in total. The molecule has 3 amide bonds. The minimum absolute atomic E-state index is 0.131. The van der Waals surface area contributed by atoms with Crippen molar-refractivity contribution in [2.75, 3.05) is 13.1 Å². The molecule has 110 valence electrons. The average molecular weight is 297 g/mol. The van der Waals surface area contributed by atoms with Crippen molar-refractivity contribution >= 4 is 29.1 Å². The first-order valence-electron chi connectivity index (χ1n) is 6.30. The van der Waals surface area contributed by atoms with Crippen LogP contribution < -0.4 is 16.0 Å². The molecular weight excluding hydrogens is 278 g/mol. The van der Waals surface area contributed by atoms with Crippen LogP contribution in [-0.4, -0.2) is 30.8 Å². The third kappa shape index (κ3) is 6.33. The van der Waals surface area contributed by atoms with Crippen molar-refractivity contribution in [1.29, 1.82) is 0 Å². The molecule has 0 unspecified atom stereocenters. The van der Waals surface area contributed by atoms with Crippen molar-refractivity contribution in [1.82, 2.24) is 16.0 Å². The number of carbonyl (C=O) groups is 3. The Balaban J connectivity index is 2.42. The predicted molar refractivity (Wildman–Crippen MR) is 77.2 cm³/mol. The first-order valence-corrected chi connectivity index (χ1v) is 7.18. The molecule has 0 saturated heterocycles. The highest BCUT2D eigenvalue weighted by Crippen LogP contribution is 2.21. The molecule has 7 heteroatoms. The van der Waals surface area contributed by atoms with Crippen molar-refractivity contribution < 1.29 is 14.4 Å². The number of hydrogen-bond acceptors (Lipinski definition) is 4. The van der Waals surface area contributed by atoms with Crippen molar-refractivity contribution in [2.24, 2.45) is 0 Å². The summed E-state index contributed by atoms with van der Waals surface area (Å²) in [5, 5.41) is 9.96. The van der Waals surface area contributed by atoms with Crippen LogP contribution in [0.15, 0.2) is 17.5 Å². The molecule has 0 bridgehead atoms. The highest BCUT2D eigenvalue weighted by molar-refractivity contribution is 7.10. The van der Waals surface area contributed by atoms with Crippen LogP contribution >= 0.6 is 11.3 Å². The maximum Gasteiger partial charge on any atom is 0.222 e. The molecule has 0 radical (unpaired) electrons. The standard InChI is InChI=1S/C13H19N3O3S/c1-9(17)14-5-6-15-13(19)8-11(16-10(2)18)12-4-3-7-20-12/h3-4,7,11H,5-6,8H2,1-2H3,(H,14,17)(H,15,19)(H,16,18)/t11-/m0/s1. The second kappa shape index (κ2) is 8.31. The monoisotopic (exact) mass is 297 g/mol. The zero-order chi connectivity index (χ0) is 15.0. The SMILES string of the molecule is CC(=O)NCCNC(=O)C[C@H](NC(C)=O)c1cccs1. The van der Waals surface area contributed by atoms with Crippen molar-refractivity contribution in [3.63, 3.8) is 0 Å². The van der Waals surface area contributed by atoms with Gasteiger partial charge < -0.3 is 16.0 Å². The zero-order valence-electron chi connectivity index (χ0n) is 11.6. The van der Waals surface area contributed by atoms with Crippen LogP contribution in [0.4, 0.5) is 0 Å². The lowest BCUT2D eigenvalue weighted by atomic mass is 10.1. The van der Waals surface area contributed by atoms with Gasteiger partial charge in [-0.15, -0.1) is 11.3 Å². The Morgan fingerprint density at radius 3 is 2.40 bits per heavy atom. The van der Waals surface area contributed by atoms with Crippen LogP contribution in [0.2, 0.25) is 0 Å². The summed E-state index contributed by atoms with van der Waals surface area (Å²) >= 11 is 1.50. The van der Waals surface area contributed by atoms with Crippen molar-refractivity contribution in [3.05, 3.63) is 22.4 Å². The zero-order valence-corrected chi connectivity index (χ0v) is 12.4. The molecule has 0 saturated carbocycles. The molecule has 20 heavy (non-hydrogen) atoms. The summed E-state index contributed by atoms with van der Waals surface area (Å²) in [5.74, 6) is -0.467. The Hall–Kier alpha value is -1.89. The number of hydrogen-bond donors (Lipinski definition) is 3. The average Bonchev–Trinajstić information content (AvgIpc) is 2.86. The molecule has 1 aromatic rings. The Morgan fingerprint density at radius 1 is 1.15 bits per heavy atom. The smallest absolute Gasteiger partial charge is 0.222 e. The van der Waals surface area contributed by atoms with E-state index in [0.717, 1.165) is 4.88 Å². The van der Waals surface area contributed by atoms with E-state index < -0.39 is 0 Å². The quantitative estimate of drug-likeness (QED) is 0.643. The maximum absolute atomic E-state index is 11.8. The van der Waals surface area contributed by atoms with Gasteiger partial charge in [0.1, 0.15) is 0 Å². The second-order valence-corrected chi connectivity index (χ2v) is 5.28. The van der Waals surface area contributed by atoms with Gasteiger partial charge in [-0.25, -0.2) is 0 Å². The third-order valence-electron chi connectivity index (χ3n) is 2.47. The number of nitrogens with one attached hydrogen (secondary N) is 3. The van der Waals surface area contributed by atoms with E-state index in [1.165, 1.54) is 25.2 Å². The molecule has 1 aromatic heterocycles. The fourth-order valence-corrected chi connectivity index (χ4v) is 2.43. The van der Waals surface area contributed by atoms with Crippen molar-refractivity contribution in [2.45, 2.75) is 26.3 Å². The molecule has 1 atom stereocenters. The van der Waals surface area contributed by atoms with E-state index in [2.05, 4.69) is 16.0 Å². The number of thiophene rings is 1. The van der Waals surface area contributed by atoms with E-state index >= 15 is 0 Å². The maximum atomic E-state index is 11.8. The lowest BCUT2D eigenvalue weighted by Crippen LogP contribution is -2.36. The summed E-state index contributed by atoms with van der Waals surface area (Å²) in [6.07, 6.45) is 0.181. The van der Waals surface area contributed by atoms with Gasteiger partial charge in [-0.05, 0) is 11.4 Å². The highest BCUT2D eigenvalue weighted by Gasteiger charge is 2.17. The van der Waals surface area contributed by atoms with Crippen LogP contribution in [0.25, 0.3) is 0 Å². The minimum atomic E-state index is -0.312. The summed E-state index contributed by atoms with van der Waals surface area (Å²) in [5.41, 5.74) is 0. The van der Waals surface area contributed by atoms with Gasteiger partial charge >= 0.3 is 0 Å². The van der Waals surface area contributed by atoms with Gasteiger partial charge in [0.15, 0.2) is 0 Å². The fraction of sp³-hybridized carbons (Fsp3) is 0.462. The first kappa shape index (κ1) is 16.2. The normalized spacial score (nSPS) is 11.5. The number of rotatable bonds is 7. The van der Waals surface area contributed by atoms with E-state index in [0.29, 0.717) is 13.1 Å². The molecule has 6 nitrogen and oxygen atoms in total. The van der Waals surface area contributed by atoms with Crippen molar-refractivity contribution in [3.8, 4) is 0 Å². The molecule has 0 fully saturated rings. The molecule has 0 aliphatic heterocycles. The summed E-state index contributed by atoms with van der Waals surface area (Å²) in [7, 11) is 0. The molecular formula is C13H19N3O3S. The largest absolute Gasteiger partial charge is 0.355 e. The van der Waals surface area contributed by atoms with E-state index in [-0.39, 0.29) is 30.2 Å². The van der Waals surface area contributed by atoms with E-state index in [1.807, 2.05) is 17.5 Å². The highest BCUT2D eigenvalue weighted by atomic mass is 32.1. The summed E-state index contributed by atoms with van der Waals surface area (Å²) in [4.78, 5) is 34.6. The molecule has 1 heterocycles. The summed E-state index contributed by atoms with van der Waals surface area (Å²) in [6.45, 7) is 3.61. The predicted octanol–water partition coefficient (Wildman–Crippen LogP) is 0.568. The van der Waals surface area contributed by atoms with Gasteiger partial charge in [0.05, 0.1) is 12.5 Å². The van der Waals surface area contributed by atoms with Gasteiger partial charge in [0.2, 0.25) is 17.7 Å². The van der Waals surface area contributed by atoms with E-state index in [9.17, 15) is 14.4 Å². The van der Waals surface area contributed by atoms with Crippen LogP contribution in [0.3, 0.4) is 0 Å². The third-order valence-corrected chi connectivity index (χ3v) is 3.46.